The van der Waals surface area contributed by atoms with Crippen LogP contribution in [0.3, 0.4) is 0 Å². The molecular weight excluding hydrogens is 367 g/mol. The third-order valence-corrected chi connectivity index (χ3v) is 3.46. The third kappa shape index (κ3) is 5.03. The smallest absolute Gasteiger partial charge is 0.395 e. The van der Waals surface area contributed by atoms with Crippen molar-refractivity contribution in [1.29, 1.82) is 0 Å². The van der Waals surface area contributed by atoms with Crippen LogP contribution in [0.5, 0.6) is 11.5 Å². The van der Waals surface area contributed by atoms with Crippen molar-refractivity contribution in [2.75, 3.05) is 11.9 Å². The van der Waals surface area contributed by atoms with E-state index in [1.54, 1.807) is 0 Å². The van der Waals surface area contributed by atoms with Gasteiger partial charge in [0.2, 0.25) is 5.91 Å². The van der Waals surface area contributed by atoms with Crippen molar-refractivity contribution in [3.8, 4) is 11.5 Å². The van der Waals surface area contributed by atoms with Crippen molar-refractivity contribution in [1.82, 2.24) is 10.6 Å². The average molecular weight is 381 g/mol. The van der Waals surface area contributed by atoms with Crippen molar-refractivity contribution in [3.05, 3.63) is 53.8 Å². The van der Waals surface area contributed by atoms with Gasteiger partial charge in [0.25, 0.3) is 0 Å². The summed E-state index contributed by atoms with van der Waals surface area (Å²) in [4.78, 5) is 23.5. The van der Waals surface area contributed by atoms with Crippen molar-refractivity contribution < 1.29 is 32.2 Å². The maximum absolute atomic E-state index is 13.0. The monoisotopic (exact) mass is 381 g/mol. The lowest BCUT2D eigenvalue weighted by Gasteiger charge is -2.09. The molecule has 1 heterocycles. The van der Waals surface area contributed by atoms with Gasteiger partial charge in [-0.05, 0) is 29.8 Å². The Morgan fingerprint density at radius 2 is 1.67 bits per heavy atom. The van der Waals surface area contributed by atoms with Gasteiger partial charge in [0.05, 0.1) is 6.54 Å². The number of amides is 3. The van der Waals surface area contributed by atoms with Gasteiger partial charge in [-0.3, -0.25) is 4.79 Å². The number of alkyl halides is 2. The van der Waals surface area contributed by atoms with E-state index < -0.39 is 18.2 Å². The molecule has 1 aliphatic heterocycles. The number of anilines is 1. The van der Waals surface area contributed by atoms with Crippen LogP contribution in [0.2, 0.25) is 0 Å². The molecule has 0 fully saturated rings. The maximum Gasteiger partial charge on any atom is 0.586 e. The van der Waals surface area contributed by atoms with Crippen LogP contribution in [0.1, 0.15) is 5.56 Å². The summed E-state index contributed by atoms with van der Waals surface area (Å²) in [6.07, 6.45) is -3.74. The van der Waals surface area contributed by atoms with E-state index in [1.807, 2.05) is 0 Å². The van der Waals surface area contributed by atoms with E-state index in [-0.39, 0.29) is 36.1 Å². The fraction of sp³-hybridized carbons (Fsp3) is 0.176. The van der Waals surface area contributed by atoms with Crippen LogP contribution in [0.4, 0.5) is 23.7 Å². The molecule has 142 valence electrons. The van der Waals surface area contributed by atoms with Gasteiger partial charge in [-0.1, -0.05) is 12.1 Å². The summed E-state index contributed by atoms with van der Waals surface area (Å²) in [6, 6.07) is 8.75. The molecule has 1 aliphatic rings. The quantitative estimate of drug-likeness (QED) is 0.743. The van der Waals surface area contributed by atoms with Crippen LogP contribution in [0.15, 0.2) is 42.5 Å². The zero-order valence-corrected chi connectivity index (χ0v) is 13.7. The van der Waals surface area contributed by atoms with Crippen molar-refractivity contribution in [2.45, 2.75) is 12.8 Å². The first kappa shape index (κ1) is 18.4. The number of benzene rings is 2. The Labute approximate surface area is 151 Å². The molecule has 0 atom stereocenters. The lowest BCUT2D eigenvalue weighted by Crippen LogP contribution is -2.39. The highest BCUT2D eigenvalue weighted by Gasteiger charge is 2.43. The predicted molar refractivity (Wildman–Crippen MR) is 87.9 cm³/mol. The van der Waals surface area contributed by atoms with Gasteiger partial charge in [0.1, 0.15) is 5.82 Å². The van der Waals surface area contributed by atoms with E-state index in [0.717, 1.165) is 0 Å². The Morgan fingerprint density at radius 1 is 0.963 bits per heavy atom. The number of carbonyl (C=O) groups is 2. The van der Waals surface area contributed by atoms with Gasteiger partial charge in [-0.15, -0.1) is 8.78 Å². The van der Waals surface area contributed by atoms with Gasteiger partial charge in [-0.25, -0.2) is 9.18 Å². The molecule has 0 spiro atoms. The molecule has 3 rings (SSSR count). The Kier molecular flexibility index (Phi) is 5.06. The number of carbonyl (C=O) groups excluding carboxylic acids is 2. The minimum Gasteiger partial charge on any atom is -0.395 e. The number of hydrogen-bond donors (Lipinski definition) is 3. The van der Waals surface area contributed by atoms with Gasteiger partial charge >= 0.3 is 12.3 Å². The summed E-state index contributed by atoms with van der Waals surface area (Å²) in [5, 5.41) is 7.28. The highest BCUT2D eigenvalue weighted by Crippen LogP contribution is 2.42. The van der Waals surface area contributed by atoms with Crippen LogP contribution in [-0.2, 0) is 11.3 Å². The van der Waals surface area contributed by atoms with Crippen LogP contribution < -0.4 is 25.4 Å². The van der Waals surface area contributed by atoms with Crippen LogP contribution in [0, 0.1) is 5.82 Å². The highest BCUT2D eigenvalue weighted by molar-refractivity contribution is 5.94. The maximum atomic E-state index is 13.0. The summed E-state index contributed by atoms with van der Waals surface area (Å²) in [5.41, 5.74) is 0.890. The summed E-state index contributed by atoms with van der Waals surface area (Å²) < 4.78 is 47.2. The standard InChI is InChI=1S/C17H14F3N3O4/c18-11-3-1-10(2-4-11)8-21-16(25)22-9-15(24)23-12-5-6-13-14(7-12)27-17(19,20)26-13/h1-7H,8-9H2,(H,23,24)(H2,21,22,25). The number of ether oxygens (including phenoxy) is 2. The fourth-order valence-corrected chi connectivity index (χ4v) is 2.24. The highest BCUT2D eigenvalue weighted by atomic mass is 19.3. The molecule has 10 heteroatoms. The molecule has 3 amide bonds. The second-order valence-corrected chi connectivity index (χ2v) is 5.54. The van der Waals surface area contributed by atoms with Crippen LogP contribution in [0.25, 0.3) is 0 Å². The number of halogens is 3. The Morgan fingerprint density at radius 3 is 2.41 bits per heavy atom. The van der Waals surface area contributed by atoms with Gasteiger partial charge < -0.3 is 25.4 Å². The van der Waals surface area contributed by atoms with E-state index in [1.165, 1.54) is 42.5 Å². The Bertz CT molecular complexity index is 859. The van der Waals surface area contributed by atoms with Gasteiger partial charge in [0.15, 0.2) is 11.5 Å². The van der Waals surface area contributed by atoms with E-state index >= 15 is 0 Å². The fourth-order valence-electron chi connectivity index (χ4n) is 2.24. The zero-order valence-electron chi connectivity index (χ0n) is 13.7. The minimum atomic E-state index is -3.74. The molecule has 0 unspecified atom stereocenters. The first-order chi connectivity index (χ1) is 12.8. The number of rotatable bonds is 5. The summed E-state index contributed by atoms with van der Waals surface area (Å²) in [5.74, 6) is -1.30. The van der Waals surface area contributed by atoms with Crippen molar-refractivity contribution in [2.24, 2.45) is 0 Å². The van der Waals surface area contributed by atoms with E-state index in [2.05, 4.69) is 25.4 Å². The Balaban J connectivity index is 1.43. The number of fused-ring (bicyclic) bond motifs is 1. The lowest BCUT2D eigenvalue weighted by molar-refractivity contribution is -0.286. The van der Waals surface area contributed by atoms with Crippen LogP contribution >= 0.6 is 0 Å². The molecule has 0 bridgehead atoms. The second-order valence-electron chi connectivity index (χ2n) is 5.54. The number of nitrogens with one attached hydrogen (secondary N) is 3. The summed E-state index contributed by atoms with van der Waals surface area (Å²) in [6.45, 7) is -0.191. The SMILES string of the molecule is O=C(CNC(=O)NCc1ccc(F)cc1)Nc1ccc2c(c1)OC(F)(F)O2. The molecule has 0 aromatic heterocycles. The molecule has 0 saturated heterocycles. The summed E-state index contributed by atoms with van der Waals surface area (Å²) in [7, 11) is 0. The normalized spacial score (nSPS) is 13.7. The number of urea groups is 1. The van der Waals surface area contributed by atoms with Crippen molar-refractivity contribution >= 4 is 17.6 Å². The molecule has 7 nitrogen and oxygen atoms in total. The molecular formula is C17H14F3N3O4. The third-order valence-electron chi connectivity index (χ3n) is 3.46. The molecule has 3 N–H and O–H groups in total. The molecule has 0 saturated carbocycles. The first-order valence-electron chi connectivity index (χ1n) is 7.77. The van der Waals surface area contributed by atoms with Gasteiger partial charge in [0, 0.05) is 18.3 Å². The van der Waals surface area contributed by atoms with Crippen LogP contribution in [-0.4, -0.2) is 24.8 Å². The molecule has 27 heavy (non-hydrogen) atoms. The minimum absolute atomic E-state index is 0.142. The predicted octanol–water partition coefficient (Wildman–Crippen LogP) is 2.59. The largest absolute Gasteiger partial charge is 0.586 e. The average Bonchev–Trinajstić information content (AvgIpc) is 2.92. The van der Waals surface area contributed by atoms with E-state index in [4.69, 9.17) is 0 Å². The molecule has 0 aliphatic carbocycles. The Hall–Kier alpha value is -3.43. The number of hydrogen-bond acceptors (Lipinski definition) is 4. The lowest BCUT2D eigenvalue weighted by atomic mass is 10.2. The summed E-state index contributed by atoms with van der Waals surface area (Å²) >= 11 is 0. The second kappa shape index (κ2) is 7.44. The first-order valence-corrected chi connectivity index (χ1v) is 7.77. The van der Waals surface area contributed by atoms with E-state index in [9.17, 15) is 22.8 Å². The molecule has 0 radical (unpaired) electrons. The van der Waals surface area contributed by atoms with E-state index in [0.29, 0.717) is 5.56 Å². The zero-order chi connectivity index (χ0) is 19.4. The van der Waals surface area contributed by atoms with Crippen molar-refractivity contribution in [3.63, 3.8) is 0 Å². The van der Waals surface area contributed by atoms with Gasteiger partial charge in [-0.2, -0.15) is 0 Å². The topological polar surface area (TPSA) is 88.7 Å². The molecule has 2 aromatic rings. The molecule has 2 aromatic carbocycles.